The van der Waals surface area contributed by atoms with Crippen LogP contribution in [0.1, 0.15) is 42.5 Å². The van der Waals surface area contributed by atoms with Crippen LogP contribution >= 0.6 is 11.3 Å². The maximum atomic E-state index is 9.97. The summed E-state index contributed by atoms with van der Waals surface area (Å²) >= 11 is 1.66. The van der Waals surface area contributed by atoms with Crippen molar-refractivity contribution in [2.45, 2.75) is 39.2 Å². The molecule has 2 heterocycles. The molecule has 1 aliphatic heterocycles. The highest BCUT2D eigenvalue weighted by atomic mass is 32.1. The van der Waals surface area contributed by atoms with E-state index in [1.165, 1.54) is 10.4 Å². The number of para-hydroxylation sites is 1. The van der Waals surface area contributed by atoms with Gasteiger partial charge in [0.25, 0.3) is 0 Å². The molecule has 4 rings (SSSR count). The molecule has 2 aromatic carbocycles. The van der Waals surface area contributed by atoms with Crippen molar-refractivity contribution in [2.24, 2.45) is 0 Å². The third-order valence-electron chi connectivity index (χ3n) is 4.63. The second-order valence-electron chi connectivity index (χ2n) is 7.89. The van der Waals surface area contributed by atoms with Crippen LogP contribution in [0.4, 0.5) is 5.13 Å². The zero-order valence-electron chi connectivity index (χ0n) is 16.3. The first-order valence-electron chi connectivity index (χ1n) is 9.29. The van der Waals surface area contributed by atoms with Gasteiger partial charge in [-0.25, -0.2) is 4.98 Å². The highest BCUT2D eigenvalue weighted by molar-refractivity contribution is 7.15. The van der Waals surface area contributed by atoms with Gasteiger partial charge in [0.2, 0.25) is 6.79 Å². The number of benzene rings is 2. The first kappa shape index (κ1) is 18.6. The topological polar surface area (TPSA) is 63.6 Å². The van der Waals surface area contributed by atoms with Gasteiger partial charge in [0.15, 0.2) is 16.6 Å². The third-order valence-corrected chi connectivity index (χ3v) is 5.64. The number of nitrogens with one attached hydrogen (secondary N) is 1. The summed E-state index contributed by atoms with van der Waals surface area (Å²) in [6.07, 6.45) is 0.791. The van der Waals surface area contributed by atoms with Gasteiger partial charge in [-0.2, -0.15) is 0 Å². The second kappa shape index (κ2) is 7.36. The molecule has 1 aliphatic rings. The number of hydrogen-bond acceptors (Lipinski definition) is 6. The predicted octanol–water partition coefficient (Wildman–Crippen LogP) is 5.08. The standard InChI is InChI=1S/C22H24N2O3S/c1-22(2,3)20-19(11-14-8-9-17-18(10-14)27-13-26-17)28-21(24-20)23-12-15-6-4-5-7-16(15)25/h4-10,25H,11-13H2,1-3H3,(H,23,24). The van der Waals surface area contributed by atoms with Crippen LogP contribution in [-0.4, -0.2) is 16.9 Å². The van der Waals surface area contributed by atoms with Crippen LogP contribution in [0.2, 0.25) is 0 Å². The van der Waals surface area contributed by atoms with Crippen LogP contribution < -0.4 is 14.8 Å². The molecule has 0 fully saturated rings. The van der Waals surface area contributed by atoms with Gasteiger partial charge in [-0.05, 0) is 23.8 Å². The van der Waals surface area contributed by atoms with E-state index in [-0.39, 0.29) is 12.2 Å². The van der Waals surface area contributed by atoms with E-state index in [0.29, 0.717) is 12.3 Å². The minimum Gasteiger partial charge on any atom is -0.508 e. The number of phenolic OH excluding ortho intramolecular Hbond substituents is 1. The van der Waals surface area contributed by atoms with Crippen molar-refractivity contribution in [1.82, 2.24) is 4.98 Å². The van der Waals surface area contributed by atoms with Crippen LogP contribution in [0.15, 0.2) is 42.5 Å². The number of hydrogen-bond donors (Lipinski definition) is 2. The van der Waals surface area contributed by atoms with Crippen LogP contribution in [0, 0.1) is 0 Å². The second-order valence-corrected chi connectivity index (χ2v) is 8.97. The van der Waals surface area contributed by atoms with Gasteiger partial charge in [-0.3, -0.25) is 0 Å². The Morgan fingerprint density at radius 1 is 1.11 bits per heavy atom. The number of phenols is 1. The van der Waals surface area contributed by atoms with Gasteiger partial charge in [-0.15, -0.1) is 11.3 Å². The molecular weight excluding hydrogens is 372 g/mol. The van der Waals surface area contributed by atoms with E-state index >= 15 is 0 Å². The molecule has 28 heavy (non-hydrogen) atoms. The average Bonchev–Trinajstić information content (AvgIpc) is 3.27. The van der Waals surface area contributed by atoms with Gasteiger partial charge >= 0.3 is 0 Å². The SMILES string of the molecule is CC(C)(C)c1nc(NCc2ccccc2O)sc1Cc1ccc2c(c1)OCO2. The summed E-state index contributed by atoms with van der Waals surface area (Å²) in [5, 5.41) is 14.2. The summed E-state index contributed by atoms with van der Waals surface area (Å²) in [5.41, 5.74) is 3.06. The Morgan fingerprint density at radius 3 is 2.68 bits per heavy atom. The quantitative estimate of drug-likeness (QED) is 0.630. The highest BCUT2D eigenvalue weighted by Gasteiger charge is 2.24. The molecule has 146 valence electrons. The van der Waals surface area contributed by atoms with E-state index in [2.05, 4.69) is 32.2 Å². The monoisotopic (exact) mass is 396 g/mol. The van der Waals surface area contributed by atoms with Gasteiger partial charge < -0.3 is 19.9 Å². The largest absolute Gasteiger partial charge is 0.508 e. The smallest absolute Gasteiger partial charge is 0.231 e. The van der Waals surface area contributed by atoms with E-state index in [9.17, 15) is 5.11 Å². The third kappa shape index (κ3) is 3.92. The first-order valence-corrected chi connectivity index (χ1v) is 10.1. The molecule has 1 aromatic heterocycles. The normalized spacial score (nSPS) is 13.0. The van der Waals surface area contributed by atoms with Crippen molar-refractivity contribution in [3.05, 3.63) is 64.2 Å². The maximum absolute atomic E-state index is 9.97. The summed E-state index contributed by atoms with van der Waals surface area (Å²) in [4.78, 5) is 6.09. The Bertz CT molecular complexity index is 992. The number of rotatable bonds is 5. The molecule has 2 N–H and O–H groups in total. The minimum atomic E-state index is -0.0585. The zero-order chi connectivity index (χ0) is 19.7. The number of aromatic hydroxyl groups is 1. The van der Waals surface area contributed by atoms with Crippen molar-refractivity contribution in [1.29, 1.82) is 0 Å². The van der Waals surface area contributed by atoms with Crippen molar-refractivity contribution in [2.75, 3.05) is 12.1 Å². The molecule has 5 nitrogen and oxygen atoms in total. The van der Waals surface area contributed by atoms with E-state index in [1.807, 2.05) is 30.3 Å². The molecule has 0 unspecified atom stereocenters. The van der Waals surface area contributed by atoms with Crippen LogP contribution in [0.25, 0.3) is 0 Å². The maximum Gasteiger partial charge on any atom is 0.231 e. The lowest BCUT2D eigenvalue weighted by atomic mass is 9.90. The molecule has 0 radical (unpaired) electrons. The Kier molecular flexibility index (Phi) is 4.89. The number of aromatic nitrogens is 1. The number of ether oxygens (including phenoxy) is 2. The van der Waals surface area contributed by atoms with Gasteiger partial charge in [-0.1, -0.05) is 45.0 Å². The molecule has 0 saturated carbocycles. The van der Waals surface area contributed by atoms with Crippen molar-refractivity contribution >= 4 is 16.5 Å². The molecule has 0 atom stereocenters. The Labute approximate surface area is 169 Å². The first-order chi connectivity index (χ1) is 13.4. The summed E-state index contributed by atoms with van der Waals surface area (Å²) in [6, 6.07) is 13.4. The number of nitrogens with zero attached hydrogens (tertiary/aromatic N) is 1. The fraction of sp³-hybridized carbons (Fsp3) is 0.318. The lowest BCUT2D eigenvalue weighted by Crippen LogP contribution is -2.14. The van der Waals surface area contributed by atoms with Gasteiger partial charge in [0.05, 0.1) is 5.69 Å². The average molecular weight is 397 g/mol. The Balaban J connectivity index is 1.57. The van der Waals surface area contributed by atoms with Crippen LogP contribution in [-0.2, 0) is 18.4 Å². The number of thiazole rings is 1. The highest BCUT2D eigenvalue weighted by Crippen LogP contribution is 2.37. The molecule has 6 heteroatoms. The lowest BCUT2D eigenvalue weighted by molar-refractivity contribution is 0.174. The molecule has 3 aromatic rings. The summed E-state index contributed by atoms with van der Waals surface area (Å²) < 4.78 is 10.9. The lowest BCUT2D eigenvalue weighted by Gasteiger charge is -2.17. The van der Waals surface area contributed by atoms with E-state index in [1.54, 1.807) is 17.4 Å². The molecule has 0 saturated heterocycles. The summed E-state index contributed by atoms with van der Waals surface area (Å²) in [5.74, 6) is 1.90. The van der Waals surface area contributed by atoms with E-state index in [4.69, 9.17) is 14.5 Å². The molecular formula is C22H24N2O3S. The van der Waals surface area contributed by atoms with Crippen LogP contribution in [0.3, 0.4) is 0 Å². The van der Waals surface area contributed by atoms with Crippen molar-refractivity contribution < 1.29 is 14.6 Å². The molecule has 0 spiro atoms. The summed E-state index contributed by atoms with van der Waals surface area (Å²) in [7, 11) is 0. The fourth-order valence-corrected chi connectivity index (χ4v) is 4.40. The van der Waals surface area contributed by atoms with Gasteiger partial charge in [0, 0.05) is 28.8 Å². The predicted molar refractivity (Wildman–Crippen MR) is 112 cm³/mol. The minimum absolute atomic E-state index is 0.0585. The van der Waals surface area contributed by atoms with Crippen molar-refractivity contribution in [3.8, 4) is 17.2 Å². The Morgan fingerprint density at radius 2 is 1.89 bits per heavy atom. The number of fused-ring (bicyclic) bond motifs is 1. The van der Waals surface area contributed by atoms with Crippen LogP contribution in [0.5, 0.6) is 17.2 Å². The zero-order valence-corrected chi connectivity index (χ0v) is 17.1. The Hall–Kier alpha value is -2.73. The molecule has 0 aliphatic carbocycles. The van der Waals surface area contributed by atoms with E-state index in [0.717, 1.165) is 34.3 Å². The van der Waals surface area contributed by atoms with Gasteiger partial charge in [0.1, 0.15) is 5.75 Å². The molecule has 0 bridgehead atoms. The van der Waals surface area contributed by atoms with E-state index < -0.39 is 0 Å². The van der Waals surface area contributed by atoms with Crippen molar-refractivity contribution in [3.63, 3.8) is 0 Å². The summed E-state index contributed by atoms with van der Waals surface area (Å²) in [6.45, 7) is 7.36. The fourth-order valence-electron chi connectivity index (χ4n) is 3.20. The number of anilines is 1. The molecule has 0 amide bonds.